The van der Waals surface area contributed by atoms with E-state index in [-0.39, 0.29) is 0 Å². The molecule has 2 aromatic heterocycles. The number of aromatic nitrogens is 3. The number of hydrogen-bond donors (Lipinski definition) is 1. The van der Waals surface area contributed by atoms with E-state index >= 15 is 0 Å². The first-order valence-corrected chi connectivity index (χ1v) is 8.41. The molecule has 0 radical (unpaired) electrons. The van der Waals surface area contributed by atoms with Crippen LogP contribution in [0, 0.1) is 0 Å². The fourth-order valence-corrected chi connectivity index (χ4v) is 2.84. The van der Waals surface area contributed by atoms with Gasteiger partial charge >= 0.3 is 0 Å². The summed E-state index contributed by atoms with van der Waals surface area (Å²) in [5.41, 5.74) is 3.22. The molecule has 0 aliphatic carbocycles. The molecule has 3 rings (SSSR count). The van der Waals surface area contributed by atoms with E-state index in [4.69, 9.17) is 4.98 Å². The summed E-state index contributed by atoms with van der Waals surface area (Å²) in [6.07, 6.45) is 2.98. The zero-order valence-electron chi connectivity index (χ0n) is 14.4. The Balaban J connectivity index is 1.70. The van der Waals surface area contributed by atoms with E-state index in [1.165, 1.54) is 0 Å². The van der Waals surface area contributed by atoms with Crippen LogP contribution in [0.1, 0.15) is 17.9 Å². The number of fused-ring (bicyclic) bond motifs is 1. The minimum Gasteiger partial charge on any atom is -0.341 e. The molecule has 0 unspecified atom stereocenters. The molecule has 0 aliphatic rings. The van der Waals surface area contributed by atoms with Crippen molar-refractivity contribution in [2.24, 2.45) is 0 Å². The van der Waals surface area contributed by atoms with Gasteiger partial charge < -0.3 is 9.88 Å². The SMILES string of the molecule is CN(C)CCCN(Cc1ccccn1)Cc1nc2ccccc2[nH]1. The first kappa shape index (κ1) is 16.6. The van der Waals surface area contributed by atoms with Crippen molar-refractivity contribution >= 4 is 11.0 Å². The summed E-state index contributed by atoms with van der Waals surface area (Å²) >= 11 is 0. The summed E-state index contributed by atoms with van der Waals surface area (Å²) < 4.78 is 0. The lowest BCUT2D eigenvalue weighted by molar-refractivity contribution is 0.233. The van der Waals surface area contributed by atoms with E-state index in [9.17, 15) is 0 Å². The lowest BCUT2D eigenvalue weighted by atomic mass is 10.3. The van der Waals surface area contributed by atoms with Crippen molar-refractivity contribution in [1.29, 1.82) is 0 Å². The predicted molar refractivity (Wildman–Crippen MR) is 97.6 cm³/mol. The van der Waals surface area contributed by atoms with Crippen LogP contribution in [-0.4, -0.2) is 51.9 Å². The molecule has 0 saturated heterocycles. The largest absolute Gasteiger partial charge is 0.341 e. The molecule has 3 aromatic rings. The number of nitrogens with one attached hydrogen (secondary N) is 1. The molecule has 5 heteroatoms. The molecule has 1 aromatic carbocycles. The highest BCUT2D eigenvalue weighted by Crippen LogP contribution is 2.13. The molecule has 0 aliphatic heterocycles. The van der Waals surface area contributed by atoms with Gasteiger partial charge in [-0.05, 0) is 51.3 Å². The molecule has 0 spiro atoms. The van der Waals surface area contributed by atoms with E-state index in [0.29, 0.717) is 0 Å². The first-order valence-electron chi connectivity index (χ1n) is 8.41. The quantitative estimate of drug-likeness (QED) is 0.692. The van der Waals surface area contributed by atoms with Gasteiger partial charge in [-0.1, -0.05) is 18.2 Å². The Kier molecular flexibility index (Phi) is 5.56. The molecule has 24 heavy (non-hydrogen) atoms. The first-order chi connectivity index (χ1) is 11.7. The fourth-order valence-electron chi connectivity index (χ4n) is 2.84. The summed E-state index contributed by atoms with van der Waals surface area (Å²) in [6, 6.07) is 14.3. The van der Waals surface area contributed by atoms with Crippen LogP contribution in [0.3, 0.4) is 0 Å². The Bertz CT molecular complexity index is 718. The lowest BCUT2D eigenvalue weighted by Gasteiger charge is -2.21. The van der Waals surface area contributed by atoms with Crippen molar-refractivity contribution in [1.82, 2.24) is 24.8 Å². The number of H-pyrrole nitrogens is 1. The number of hydrogen-bond acceptors (Lipinski definition) is 4. The smallest absolute Gasteiger partial charge is 0.121 e. The number of imidazole rings is 1. The normalized spacial score (nSPS) is 11.7. The Hall–Kier alpha value is -2.24. The summed E-state index contributed by atoms with van der Waals surface area (Å²) in [5.74, 6) is 1.01. The maximum atomic E-state index is 4.71. The van der Waals surface area contributed by atoms with E-state index in [0.717, 1.165) is 55.2 Å². The zero-order chi connectivity index (χ0) is 16.8. The van der Waals surface area contributed by atoms with Crippen LogP contribution < -0.4 is 0 Å². The Labute approximate surface area is 143 Å². The molecule has 2 heterocycles. The minimum atomic E-state index is 0.804. The van der Waals surface area contributed by atoms with Gasteiger partial charge in [-0.25, -0.2) is 4.98 Å². The van der Waals surface area contributed by atoms with Gasteiger partial charge in [0.2, 0.25) is 0 Å². The van der Waals surface area contributed by atoms with E-state index in [1.54, 1.807) is 0 Å². The summed E-state index contributed by atoms with van der Waals surface area (Å²) in [6.45, 7) is 3.74. The van der Waals surface area contributed by atoms with Crippen LogP contribution >= 0.6 is 0 Å². The summed E-state index contributed by atoms with van der Waals surface area (Å²) in [7, 11) is 4.23. The summed E-state index contributed by atoms with van der Waals surface area (Å²) in [4.78, 5) is 17.2. The molecule has 5 nitrogen and oxygen atoms in total. The van der Waals surface area contributed by atoms with Crippen molar-refractivity contribution in [3.05, 3.63) is 60.2 Å². The van der Waals surface area contributed by atoms with Crippen LogP contribution in [0.25, 0.3) is 11.0 Å². The van der Waals surface area contributed by atoms with E-state index in [1.807, 2.05) is 36.5 Å². The number of aromatic amines is 1. The third-order valence-corrected chi connectivity index (χ3v) is 4.00. The van der Waals surface area contributed by atoms with Crippen LogP contribution in [0.4, 0.5) is 0 Å². The third kappa shape index (κ3) is 4.63. The van der Waals surface area contributed by atoms with Crippen LogP contribution in [0.5, 0.6) is 0 Å². The fraction of sp³-hybridized carbons (Fsp3) is 0.368. The zero-order valence-corrected chi connectivity index (χ0v) is 14.4. The lowest BCUT2D eigenvalue weighted by Crippen LogP contribution is -2.27. The molecular formula is C19H25N5. The van der Waals surface area contributed by atoms with Gasteiger partial charge in [0.25, 0.3) is 0 Å². The van der Waals surface area contributed by atoms with Crippen molar-refractivity contribution in [3.8, 4) is 0 Å². The van der Waals surface area contributed by atoms with Crippen molar-refractivity contribution < 1.29 is 0 Å². The number of rotatable bonds is 8. The average Bonchev–Trinajstić information content (AvgIpc) is 2.97. The highest BCUT2D eigenvalue weighted by molar-refractivity contribution is 5.74. The van der Waals surface area contributed by atoms with Gasteiger partial charge in [0.05, 0.1) is 23.3 Å². The van der Waals surface area contributed by atoms with Crippen molar-refractivity contribution in [3.63, 3.8) is 0 Å². The second-order valence-electron chi connectivity index (χ2n) is 6.39. The predicted octanol–water partition coefficient (Wildman–Crippen LogP) is 2.91. The Morgan fingerprint density at radius 2 is 1.79 bits per heavy atom. The van der Waals surface area contributed by atoms with Gasteiger partial charge in [-0.3, -0.25) is 9.88 Å². The maximum absolute atomic E-state index is 4.71. The van der Waals surface area contributed by atoms with Crippen molar-refractivity contribution in [2.45, 2.75) is 19.5 Å². The average molecular weight is 323 g/mol. The number of pyridine rings is 1. The highest BCUT2D eigenvalue weighted by Gasteiger charge is 2.11. The Morgan fingerprint density at radius 3 is 2.54 bits per heavy atom. The number of nitrogens with zero attached hydrogens (tertiary/aromatic N) is 4. The molecule has 0 fully saturated rings. The minimum absolute atomic E-state index is 0.804. The Morgan fingerprint density at radius 1 is 0.958 bits per heavy atom. The van der Waals surface area contributed by atoms with E-state index < -0.39 is 0 Å². The molecule has 0 bridgehead atoms. The second kappa shape index (κ2) is 8.04. The molecular weight excluding hydrogens is 298 g/mol. The van der Waals surface area contributed by atoms with Crippen LogP contribution in [-0.2, 0) is 13.1 Å². The van der Waals surface area contributed by atoms with Crippen molar-refractivity contribution in [2.75, 3.05) is 27.2 Å². The topological polar surface area (TPSA) is 48.1 Å². The van der Waals surface area contributed by atoms with E-state index in [2.05, 4.69) is 46.0 Å². The standard InChI is InChI=1S/C19H25N5/c1-23(2)12-7-13-24(14-16-8-5-6-11-20-16)15-19-21-17-9-3-4-10-18(17)22-19/h3-6,8-11H,7,12-15H2,1-2H3,(H,21,22). The van der Waals surface area contributed by atoms with Crippen LogP contribution in [0.15, 0.2) is 48.7 Å². The van der Waals surface area contributed by atoms with Gasteiger partial charge in [-0.15, -0.1) is 0 Å². The molecule has 0 saturated carbocycles. The molecule has 126 valence electrons. The molecule has 1 N–H and O–H groups in total. The number of para-hydroxylation sites is 2. The monoisotopic (exact) mass is 323 g/mol. The second-order valence-corrected chi connectivity index (χ2v) is 6.39. The molecule has 0 amide bonds. The summed E-state index contributed by atoms with van der Waals surface area (Å²) in [5, 5.41) is 0. The van der Waals surface area contributed by atoms with Gasteiger partial charge in [-0.2, -0.15) is 0 Å². The third-order valence-electron chi connectivity index (χ3n) is 4.00. The number of benzene rings is 1. The molecule has 0 atom stereocenters. The van der Waals surface area contributed by atoms with Gasteiger partial charge in [0.1, 0.15) is 5.82 Å². The van der Waals surface area contributed by atoms with Gasteiger partial charge in [0, 0.05) is 19.3 Å². The highest BCUT2D eigenvalue weighted by atomic mass is 15.2. The maximum Gasteiger partial charge on any atom is 0.121 e. The van der Waals surface area contributed by atoms with Crippen LogP contribution in [0.2, 0.25) is 0 Å². The van der Waals surface area contributed by atoms with Gasteiger partial charge in [0.15, 0.2) is 0 Å².